The minimum absolute atomic E-state index is 0.0439. The van der Waals surface area contributed by atoms with E-state index in [9.17, 15) is 4.79 Å². The van der Waals surface area contributed by atoms with Crippen molar-refractivity contribution >= 4 is 29.0 Å². The Labute approximate surface area is 232 Å². The Morgan fingerprint density at radius 3 is 2.49 bits per heavy atom. The predicted molar refractivity (Wildman–Crippen MR) is 157 cm³/mol. The number of benzene rings is 2. The van der Waals surface area contributed by atoms with Crippen LogP contribution in [0.2, 0.25) is 0 Å². The van der Waals surface area contributed by atoms with Crippen LogP contribution in [0.4, 0.5) is 16.2 Å². The molecule has 0 unspecified atom stereocenters. The first kappa shape index (κ1) is 26.1. The lowest BCUT2D eigenvalue weighted by Crippen LogP contribution is -2.45. The van der Waals surface area contributed by atoms with Gasteiger partial charge in [-0.05, 0) is 68.9 Å². The van der Waals surface area contributed by atoms with Crippen molar-refractivity contribution in [3.8, 4) is 0 Å². The van der Waals surface area contributed by atoms with Gasteiger partial charge in [0.1, 0.15) is 5.84 Å². The van der Waals surface area contributed by atoms with Gasteiger partial charge in [-0.25, -0.2) is 9.80 Å². The van der Waals surface area contributed by atoms with Crippen LogP contribution in [0.1, 0.15) is 68.6 Å². The number of urea groups is 1. The Morgan fingerprint density at radius 2 is 1.74 bits per heavy atom. The molecule has 2 fully saturated rings. The van der Waals surface area contributed by atoms with Crippen LogP contribution < -0.4 is 4.90 Å². The van der Waals surface area contributed by atoms with Crippen molar-refractivity contribution in [3.63, 3.8) is 0 Å². The number of fused-ring (bicyclic) bond motifs is 1. The molecule has 0 radical (unpaired) electrons. The lowest BCUT2D eigenvalue weighted by atomic mass is 9.82. The Bertz CT molecular complexity index is 1240. The van der Waals surface area contributed by atoms with Crippen LogP contribution in [-0.2, 0) is 11.2 Å². The average molecular weight is 528 g/mol. The number of anilines is 2. The summed E-state index contributed by atoms with van der Waals surface area (Å²) in [6.45, 7) is 8.50. The third kappa shape index (κ3) is 5.33. The van der Waals surface area contributed by atoms with E-state index in [1.165, 1.54) is 24.8 Å². The summed E-state index contributed by atoms with van der Waals surface area (Å²) in [5, 5.41) is 7.04. The van der Waals surface area contributed by atoms with Gasteiger partial charge in [0.25, 0.3) is 0 Å². The minimum atomic E-state index is -0.0652. The fourth-order valence-electron chi connectivity index (χ4n) is 6.54. The zero-order chi connectivity index (χ0) is 26.8. The number of carbonyl (C=O) groups is 1. The van der Waals surface area contributed by atoms with E-state index < -0.39 is 0 Å². The van der Waals surface area contributed by atoms with Gasteiger partial charge in [-0.2, -0.15) is 5.10 Å². The summed E-state index contributed by atoms with van der Waals surface area (Å²) in [6, 6.07) is 15.0. The molecule has 1 saturated heterocycles. The molecule has 39 heavy (non-hydrogen) atoms. The number of aryl methyl sites for hydroxylation is 1. The zero-order valence-electron chi connectivity index (χ0n) is 23.4. The molecule has 3 heterocycles. The van der Waals surface area contributed by atoms with Crippen molar-refractivity contribution in [1.29, 1.82) is 0 Å². The number of amides is 2. The highest BCUT2D eigenvalue weighted by atomic mass is 16.5. The topological polar surface area (TPSA) is 60.7 Å². The van der Waals surface area contributed by atoms with Crippen molar-refractivity contribution in [3.05, 3.63) is 59.2 Å². The third-order valence-corrected chi connectivity index (χ3v) is 8.77. The fourth-order valence-corrected chi connectivity index (χ4v) is 6.54. The van der Waals surface area contributed by atoms with E-state index in [4.69, 9.17) is 14.8 Å². The number of nitrogens with zero attached hydrogens (tertiary/aromatic N) is 5. The van der Waals surface area contributed by atoms with Gasteiger partial charge < -0.3 is 9.64 Å². The molecule has 6 rings (SSSR count). The van der Waals surface area contributed by atoms with Gasteiger partial charge in [0.2, 0.25) is 0 Å². The molecule has 206 valence electrons. The van der Waals surface area contributed by atoms with Crippen LogP contribution in [-0.4, -0.2) is 66.4 Å². The number of carbonyl (C=O) groups excluding carboxylic acids is 1. The minimum Gasteiger partial charge on any atom is -0.381 e. The smallest absolute Gasteiger partial charge is 0.349 e. The molecule has 2 aromatic rings. The van der Waals surface area contributed by atoms with Crippen LogP contribution in [0, 0.1) is 12.8 Å². The van der Waals surface area contributed by atoms with E-state index in [1.54, 1.807) is 0 Å². The predicted octanol–water partition coefficient (Wildman–Crippen LogP) is 6.31. The summed E-state index contributed by atoms with van der Waals surface area (Å²) in [6.07, 6.45) is 8.44. The van der Waals surface area contributed by atoms with Crippen molar-refractivity contribution in [2.75, 3.05) is 37.7 Å². The van der Waals surface area contributed by atoms with Gasteiger partial charge in [0.15, 0.2) is 0 Å². The second kappa shape index (κ2) is 11.5. The lowest BCUT2D eigenvalue weighted by molar-refractivity contribution is 0.0480. The fraction of sp³-hybridized carbons (Fsp3) is 0.531. The Balaban J connectivity index is 1.39. The van der Waals surface area contributed by atoms with Crippen molar-refractivity contribution in [1.82, 2.24) is 9.91 Å². The summed E-state index contributed by atoms with van der Waals surface area (Å²) < 4.78 is 5.66. The molecule has 0 spiro atoms. The maximum absolute atomic E-state index is 14.5. The van der Waals surface area contributed by atoms with Crippen molar-refractivity contribution in [2.45, 2.75) is 71.3 Å². The molecular formula is C32H41N5O2. The highest BCUT2D eigenvalue weighted by molar-refractivity contribution is 6.14. The summed E-state index contributed by atoms with van der Waals surface area (Å²) in [4.78, 5) is 23.4. The van der Waals surface area contributed by atoms with Gasteiger partial charge in [-0.1, -0.05) is 43.5 Å². The number of hydrogen-bond acceptors (Lipinski definition) is 5. The summed E-state index contributed by atoms with van der Waals surface area (Å²) in [7, 11) is 0. The van der Waals surface area contributed by atoms with Crippen LogP contribution >= 0.6 is 0 Å². The second-order valence-corrected chi connectivity index (χ2v) is 11.4. The molecule has 2 aromatic carbocycles. The molecule has 0 atom stereocenters. The van der Waals surface area contributed by atoms with Gasteiger partial charge in [-0.15, -0.1) is 0 Å². The number of aliphatic imine (C=N–C) groups is 1. The SMILES string of the molecule is CCN1CCN=C1Cc1ccc(N2C(=O)N(C3CCOCC3)N=C(C3CCCCC3)c3ccc(C)cc32)cc1. The highest BCUT2D eigenvalue weighted by Gasteiger charge is 2.37. The Kier molecular flexibility index (Phi) is 7.69. The Hall–Kier alpha value is -3.19. The molecule has 2 amide bonds. The molecule has 0 N–H and O–H groups in total. The molecule has 1 aliphatic carbocycles. The summed E-state index contributed by atoms with van der Waals surface area (Å²) in [5.74, 6) is 1.54. The van der Waals surface area contributed by atoms with Crippen LogP contribution in [0.15, 0.2) is 52.6 Å². The molecule has 4 aliphatic rings. The van der Waals surface area contributed by atoms with Gasteiger partial charge in [0, 0.05) is 44.2 Å². The standard InChI is InChI=1S/C32H41N5O2/c1-3-35-18-17-33-30(35)22-24-10-12-26(13-11-24)36-29-21-23(2)9-14-28(29)31(25-7-5-4-6-8-25)34-37(32(36)38)27-15-19-39-20-16-27/h9-14,21,25,27H,3-8,15-20,22H2,1-2H3. The van der Waals surface area contributed by atoms with E-state index in [0.717, 1.165) is 85.8 Å². The lowest BCUT2D eigenvalue weighted by Gasteiger charge is -2.33. The Morgan fingerprint density at radius 1 is 0.974 bits per heavy atom. The van der Waals surface area contributed by atoms with E-state index >= 15 is 0 Å². The molecule has 7 nitrogen and oxygen atoms in total. The number of rotatable bonds is 6. The first-order valence-electron chi connectivity index (χ1n) is 14.9. The molecule has 1 saturated carbocycles. The molecule has 0 aromatic heterocycles. The van der Waals surface area contributed by atoms with Crippen LogP contribution in [0.5, 0.6) is 0 Å². The first-order valence-corrected chi connectivity index (χ1v) is 14.9. The largest absolute Gasteiger partial charge is 0.381 e. The quantitative estimate of drug-likeness (QED) is 0.442. The first-order chi connectivity index (χ1) is 19.1. The normalized spacial score (nSPS) is 21.1. The maximum Gasteiger partial charge on any atom is 0.349 e. The summed E-state index contributed by atoms with van der Waals surface area (Å²) >= 11 is 0. The van der Waals surface area contributed by atoms with Crippen LogP contribution in [0.3, 0.4) is 0 Å². The van der Waals surface area contributed by atoms with E-state index in [0.29, 0.717) is 19.1 Å². The van der Waals surface area contributed by atoms with E-state index in [-0.39, 0.29) is 12.1 Å². The van der Waals surface area contributed by atoms with Gasteiger partial charge >= 0.3 is 6.03 Å². The van der Waals surface area contributed by atoms with E-state index in [1.807, 2.05) is 9.91 Å². The zero-order valence-corrected chi connectivity index (χ0v) is 23.4. The number of ether oxygens (including phenoxy) is 1. The van der Waals surface area contributed by atoms with Gasteiger partial charge in [0.05, 0.1) is 29.7 Å². The summed E-state index contributed by atoms with van der Waals surface area (Å²) in [5.41, 5.74) is 6.37. The molecular weight excluding hydrogens is 486 g/mol. The molecule has 7 heteroatoms. The second-order valence-electron chi connectivity index (χ2n) is 11.4. The number of amidine groups is 1. The van der Waals surface area contributed by atoms with Crippen LogP contribution in [0.25, 0.3) is 0 Å². The number of hydrogen-bond donors (Lipinski definition) is 0. The van der Waals surface area contributed by atoms with Gasteiger partial charge in [-0.3, -0.25) is 9.89 Å². The molecule has 3 aliphatic heterocycles. The average Bonchev–Trinajstić information content (AvgIpc) is 3.38. The monoisotopic (exact) mass is 527 g/mol. The number of hydrazone groups is 1. The molecule has 0 bridgehead atoms. The van der Waals surface area contributed by atoms with Crippen molar-refractivity contribution in [2.24, 2.45) is 16.0 Å². The maximum atomic E-state index is 14.5. The highest BCUT2D eigenvalue weighted by Crippen LogP contribution is 2.39. The van der Waals surface area contributed by atoms with E-state index in [2.05, 4.69) is 61.2 Å². The third-order valence-electron chi connectivity index (χ3n) is 8.77. The van der Waals surface area contributed by atoms with Crippen molar-refractivity contribution < 1.29 is 9.53 Å². The number of likely N-dealkylation sites (N-methyl/N-ethyl adjacent to an activating group) is 1.